The second kappa shape index (κ2) is 10.8. The number of carbonyl (C=O) groups excluding carboxylic acids is 2. The summed E-state index contributed by atoms with van der Waals surface area (Å²) in [5.41, 5.74) is 3.98. The fourth-order valence-electron chi connectivity index (χ4n) is 4.01. The molecule has 2 amide bonds. The molecule has 0 unspecified atom stereocenters. The summed E-state index contributed by atoms with van der Waals surface area (Å²) in [6.45, 7) is 3.99. The lowest BCUT2D eigenvalue weighted by Gasteiger charge is -2.15. The monoisotopic (exact) mass is 442 g/mol. The van der Waals surface area contributed by atoms with E-state index in [0.717, 1.165) is 23.3 Å². The summed E-state index contributed by atoms with van der Waals surface area (Å²) in [6, 6.07) is 22.6. The molecule has 5 nitrogen and oxygen atoms in total. The minimum absolute atomic E-state index is 0.0250. The molecule has 3 aromatic carbocycles. The van der Waals surface area contributed by atoms with Crippen LogP contribution in [0.4, 0.5) is 5.69 Å². The van der Waals surface area contributed by atoms with Crippen molar-refractivity contribution in [3.63, 3.8) is 0 Å². The number of benzene rings is 3. The van der Waals surface area contributed by atoms with Crippen molar-refractivity contribution in [1.29, 1.82) is 0 Å². The molecule has 0 aromatic heterocycles. The number of rotatable bonds is 10. The summed E-state index contributed by atoms with van der Waals surface area (Å²) in [5.74, 6) is 0.615. The first-order valence-electron chi connectivity index (χ1n) is 11.6. The topological polar surface area (TPSA) is 58.6 Å². The van der Waals surface area contributed by atoms with Crippen LogP contribution in [0.3, 0.4) is 0 Å². The molecule has 1 aliphatic heterocycles. The van der Waals surface area contributed by atoms with Crippen LogP contribution in [0.1, 0.15) is 64.4 Å². The zero-order valence-electron chi connectivity index (χ0n) is 19.0. The highest BCUT2D eigenvalue weighted by atomic mass is 16.5. The van der Waals surface area contributed by atoms with Crippen molar-refractivity contribution in [2.75, 3.05) is 11.9 Å². The van der Waals surface area contributed by atoms with Gasteiger partial charge >= 0.3 is 0 Å². The molecule has 33 heavy (non-hydrogen) atoms. The maximum absolute atomic E-state index is 12.7. The Hall–Kier alpha value is -3.60. The lowest BCUT2D eigenvalue weighted by Crippen LogP contribution is -2.23. The summed E-state index contributed by atoms with van der Waals surface area (Å²) < 4.78 is 5.75. The van der Waals surface area contributed by atoms with Crippen molar-refractivity contribution in [3.8, 4) is 5.75 Å². The number of unbranched alkanes of at least 4 members (excludes halogenated alkanes) is 3. The van der Waals surface area contributed by atoms with E-state index in [-0.39, 0.29) is 11.8 Å². The number of hydrogen-bond acceptors (Lipinski definition) is 3. The minimum atomic E-state index is -0.185. The largest absolute Gasteiger partial charge is 0.494 e. The summed E-state index contributed by atoms with van der Waals surface area (Å²) in [6.07, 6.45) is 4.65. The smallest absolute Gasteiger partial charge is 0.255 e. The van der Waals surface area contributed by atoms with E-state index in [9.17, 15) is 9.59 Å². The van der Waals surface area contributed by atoms with E-state index >= 15 is 0 Å². The fraction of sp³-hybridized carbons (Fsp3) is 0.286. The SMILES string of the molecule is CCCCCCOc1ccc(C(=O)Nc2ccc3c(c2)CN(Cc2ccccc2)C3=O)cc1. The summed E-state index contributed by atoms with van der Waals surface area (Å²) in [4.78, 5) is 27.3. The van der Waals surface area contributed by atoms with Gasteiger partial charge in [-0.05, 0) is 60.0 Å². The molecule has 0 spiro atoms. The number of nitrogens with zero attached hydrogens (tertiary/aromatic N) is 1. The number of fused-ring (bicyclic) bond motifs is 1. The number of anilines is 1. The first kappa shape index (κ1) is 22.6. The normalized spacial score (nSPS) is 12.5. The van der Waals surface area contributed by atoms with Crippen LogP contribution in [0.5, 0.6) is 5.75 Å². The average Bonchev–Trinajstić information content (AvgIpc) is 3.14. The third-order valence-corrected chi connectivity index (χ3v) is 5.84. The zero-order valence-corrected chi connectivity index (χ0v) is 19.0. The van der Waals surface area contributed by atoms with E-state index in [2.05, 4.69) is 12.2 Å². The van der Waals surface area contributed by atoms with E-state index in [4.69, 9.17) is 4.74 Å². The van der Waals surface area contributed by atoms with Crippen LogP contribution in [0.25, 0.3) is 0 Å². The van der Waals surface area contributed by atoms with E-state index in [1.54, 1.807) is 24.3 Å². The van der Waals surface area contributed by atoms with Gasteiger partial charge in [0.05, 0.1) is 6.61 Å². The van der Waals surface area contributed by atoms with Crippen molar-refractivity contribution in [2.45, 2.75) is 45.7 Å². The fourth-order valence-corrected chi connectivity index (χ4v) is 4.01. The Balaban J connectivity index is 1.33. The van der Waals surface area contributed by atoms with Gasteiger partial charge in [0.1, 0.15) is 5.75 Å². The average molecular weight is 443 g/mol. The Morgan fingerprint density at radius 1 is 0.970 bits per heavy atom. The molecule has 0 atom stereocenters. The molecule has 1 aliphatic rings. The number of carbonyl (C=O) groups is 2. The van der Waals surface area contributed by atoms with Gasteiger partial charge in [-0.1, -0.05) is 56.5 Å². The zero-order chi connectivity index (χ0) is 23.0. The molecule has 3 aromatic rings. The number of amides is 2. The molecular formula is C28H30N2O3. The van der Waals surface area contributed by atoms with E-state index in [0.29, 0.717) is 36.5 Å². The first-order chi connectivity index (χ1) is 16.1. The van der Waals surface area contributed by atoms with Gasteiger partial charge < -0.3 is 15.0 Å². The second-order valence-electron chi connectivity index (χ2n) is 8.41. The lowest BCUT2D eigenvalue weighted by molar-refractivity contribution is 0.0766. The van der Waals surface area contributed by atoms with Gasteiger partial charge in [-0.3, -0.25) is 9.59 Å². The van der Waals surface area contributed by atoms with Crippen molar-refractivity contribution in [2.24, 2.45) is 0 Å². The van der Waals surface area contributed by atoms with Gasteiger partial charge in [-0.15, -0.1) is 0 Å². The van der Waals surface area contributed by atoms with Crippen LogP contribution in [0.2, 0.25) is 0 Å². The van der Waals surface area contributed by atoms with Crippen LogP contribution in [-0.2, 0) is 13.1 Å². The van der Waals surface area contributed by atoms with Crippen molar-refractivity contribution in [1.82, 2.24) is 4.90 Å². The van der Waals surface area contributed by atoms with Gasteiger partial charge in [-0.25, -0.2) is 0 Å². The molecule has 0 radical (unpaired) electrons. The number of nitrogens with one attached hydrogen (secondary N) is 1. The predicted molar refractivity (Wildman–Crippen MR) is 130 cm³/mol. The van der Waals surface area contributed by atoms with Crippen LogP contribution in [-0.4, -0.2) is 23.3 Å². The van der Waals surface area contributed by atoms with Crippen molar-refractivity contribution in [3.05, 3.63) is 95.1 Å². The second-order valence-corrected chi connectivity index (χ2v) is 8.41. The molecule has 4 rings (SSSR count). The lowest BCUT2D eigenvalue weighted by atomic mass is 10.1. The van der Waals surface area contributed by atoms with Gasteiger partial charge in [0.25, 0.3) is 11.8 Å². The van der Waals surface area contributed by atoms with E-state index in [1.165, 1.54) is 19.3 Å². The van der Waals surface area contributed by atoms with Crippen molar-refractivity contribution < 1.29 is 14.3 Å². The van der Waals surface area contributed by atoms with Gasteiger partial charge in [-0.2, -0.15) is 0 Å². The van der Waals surface area contributed by atoms with Crippen molar-refractivity contribution >= 4 is 17.5 Å². The molecule has 0 saturated heterocycles. The molecule has 0 fully saturated rings. The van der Waals surface area contributed by atoms with Gasteiger partial charge in [0, 0.05) is 29.9 Å². The van der Waals surface area contributed by atoms with Gasteiger partial charge in [0.2, 0.25) is 0 Å². The Morgan fingerprint density at radius 2 is 1.76 bits per heavy atom. The summed E-state index contributed by atoms with van der Waals surface area (Å²) in [7, 11) is 0. The Bertz CT molecular complexity index is 1090. The quantitative estimate of drug-likeness (QED) is 0.389. The van der Waals surface area contributed by atoms with Crippen LogP contribution < -0.4 is 10.1 Å². The van der Waals surface area contributed by atoms with Crippen LogP contribution in [0.15, 0.2) is 72.8 Å². The first-order valence-corrected chi connectivity index (χ1v) is 11.6. The highest BCUT2D eigenvalue weighted by Crippen LogP contribution is 2.27. The third-order valence-electron chi connectivity index (χ3n) is 5.84. The summed E-state index contributed by atoms with van der Waals surface area (Å²) in [5, 5.41) is 2.94. The van der Waals surface area contributed by atoms with E-state index in [1.807, 2.05) is 53.4 Å². The maximum atomic E-state index is 12.7. The summed E-state index contributed by atoms with van der Waals surface area (Å²) >= 11 is 0. The van der Waals surface area contributed by atoms with Crippen LogP contribution in [0, 0.1) is 0 Å². The molecule has 0 aliphatic carbocycles. The standard InChI is InChI=1S/C28H30N2O3/c1-2-3-4-8-17-33-25-14-11-22(12-15-25)27(31)29-24-13-16-26-23(18-24)20-30(28(26)32)19-21-9-6-5-7-10-21/h5-7,9-16,18H,2-4,8,17,19-20H2,1H3,(H,29,31). The molecule has 0 saturated carbocycles. The maximum Gasteiger partial charge on any atom is 0.255 e. The molecule has 170 valence electrons. The molecule has 0 bridgehead atoms. The highest BCUT2D eigenvalue weighted by molar-refractivity contribution is 6.05. The third kappa shape index (κ3) is 5.80. The number of ether oxygens (including phenoxy) is 1. The molecular weight excluding hydrogens is 412 g/mol. The number of hydrogen-bond donors (Lipinski definition) is 1. The molecule has 1 heterocycles. The minimum Gasteiger partial charge on any atom is -0.494 e. The van der Waals surface area contributed by atoms with Gasteiger partial charge in [0.15, 0.2) is 0 Å². The molecule has 5 heteroatoms. The Morgan fingerprint density at radius 3 is 2.52 bits per heavy atom. The Labute approximate surface area is 195 Å². The van der Waals surface area contributed by atoms with E-state index < -0.39 is 0 Å². The predicted octanol–water partition coefficient (Wildman–Crippen LogP) is 6.05. The molecule has 1 N–H and O–H groups in total. The highest BCUT2D eigenvalue weighted by Gasteiger charge is 2.27. The van der Waals surface area contributed by atoms with Crippen LogP contribution >= 0.6 is 0 Å². The Kier molecular flexibility index (Phi) is 7.40.